The molecule has 0 spiro atoms. The molecule has 0 aliphatic rings. The monoisotopic (exact) mass is 295 g/mol. The highest BCUT2D eigenvalue weighted by atomic mass is 16.5. The van der Waals surface area contributed by atoms with Crippen molar-refractivity contribution in [2.45, 2.75) is 38.8 Å². The standard InChI is InChI=1S/C15H21NO5/c1-15(2,3)11-7-5-4-6-10(11)9-21-14(20)16-12(8-17)13(18)19/h4-7,12,17H,8-9H2,1-3H3,(H,16,20)(H,18,19). The second-order valence-electron chi connectivity index (χ2n) is 5.70. The van der Waals surface area contributed by atoms with Crippen LogP contribution in [0.2, 0.25) is 0 Å². The number of hydrogen-bond donors (Lipinski definition) is 3. The van der Waals surface area contributed by atoms with E-state index in [-0.39, 0.29) is 12.0 Å². The summed E-state index contributed by atoms with van der Waals surface area (Å²) in [6.45, 7) is 5.51. The van der Waals surface area contributed by atoms with Gasteiger partial charge in [0.15, 0.2) is 6.04 Å². The maximum atomic E-state index is 11.5. The first-order chi connectivity index (χ1) is 9.75. The normalized spacial score (nSPS) is 12.6. The van der Waals surface area contributed by atoms with Crippen LogP contribution in [-0.2, 0) is 21.6 Å². The number of nitrogens with one attached hydrogen (secondary N) is 1. The quantitative estimate of drug-likeness (QED) is 0.767. The van der Waals surface area contributed by atoms with Gasteiger partial charge in [0.2, 0.25) is 0 Å². The van der Waals surface area contributed by atoms with Gasteiger partial charge >= 0.3 is 12.1 Å². The SMILES string of the molecule is CC(C)(C)c1ccccc1COC(=O)NC(CO)C(=O)O. The van der Waals surface area contributed by atoms with Crippen molar-refractivity contribution in [1.29, 1.82) is 0 Å². The van der Waals surface area contributed by atoms with Crippen LogP contribution in [0.3, 0.4) is 0 Å². The van der Waals surface area contributed by atoms with E-state index in [0.717, 1.165) is 11.1 Å². The average Bonchev–Trinajstić information content (AvgIpc) is 2.41. The molecule has 0 heterocycles. The molecule has 0 saturated carbocycles. The van der Waals surface area contributed by atoms with E-state index >= 15 is 0 Å². The highest BCUT2D eigenvalue weighted by Gasteiger charge is 2.21. The summed E-state index contributed by atoms with van der Waals surface area (Å²) in [4.78, 5) is 22.2. The summed E-state index contributed by atoms with van der Waals surface area (Å²) in [5, 5.41) is 19.6. The van der Waals surface area contributed by atoms with Crippen molar-refractivity contribution >= 4 is 12.1 Å². The molecule has 0 fully saturated rings. The van der Waals surface area contributed by atoms with Crippen LogP contribution >= 0.6 is 0 Å². The van der Waals surface area contributed by atoms with Gasteiger partial charge < -0.3 is 20.3 Å². The number of aliphatic carboxylic acids is 1. The Kier molecular flexibility index (Phi) is 5.72. The maximum Gasteiger partial charge on any atom is 0.408 e. The highest BCUT2D eigenvalue weighted by Crippen LogP contribution is 2.26. The molecule has 21 heavy (non-hydrogen) atoms. The molecule has 1 amide bonds. The number of carboxylic acid groups (broad SMARTS) is 1. The van der Waals surface area contributed by atoms with Crippen molar-refractivity contribution in [2.75, 3.05) is 6.61 Å². The van der Waals surface area contributed by atoms with Gasteiger partial charge in [-0.25, -0.2) is 9.59 Å². The Hall–Kier alpha value is -2.08. The van der Waals surface area contributed by atoms with Gasteiger partial charge in [-0.05, 0) is 16.5 Å². The Labute approximate surface area is 123 Å². The Morgan fingerprint density at radius 2 is 1.90 bits per heavy atom. The van der Waals surface area contributed by atoms with Gasteiger partial charge in [0, 0.05) is 0 Å². The lowest BCUT2D eigenvalue weighted by Gasteiger charge is -2.22. The first-order valence-corrected chi connectivity index (χ1v) is 6.61. The Morgan fingerprint density at radius 1 is 1.29 bits per heavy atom. The number of aliphatic hydroxyl groups excluding tert-OH is 1. The fourth-order valence-electron chi connectivity index (χ4n) is 1.89. The van der Waals surface area contributed by atoms with E-state index in [1.165, 1.54) is 0 Å². The van der Waals surface area contributed by atoms with Crippen LogP contribution in [-0.4, -0.2) is 34.9 Å². The fourth-order valence-corrected chi connectivity index (χ4v) is 1.89. The van der Waals surface area contributed by atoms with Crippen LogP contribution in [0.15, 0.2) is 24.3 Å². The molecule has 1 rings (SSSR count). The van der Waals surface area contributed by atoms with Crippen molar-refractivity contribution in [2.24, 2.45) is 0 Å². The molecule has 0 bridgehead atoms. The lowest BCUT2D eigenvalue weighted by Crippen LogP contribution is -2.43. The molecule has 1 unspecified atom stereocenters. The summed E-state index contributed by atoms with van der Waals surface area (Å²) in [5.41, 5.74) is 1.82. The van der Waals surface area contributed by atoms with Crippen molar-refractivity contribution in [3.05, 3.63) is 35.4 Å². The van der Waals surface area contributed by atoms with Gasteiger partial charge in [-0.2, -0.15) is 0 Å². The molecular weight excluding hydrogens is 274 g/mol. The number of carbonyl (C=O) groups excluding carboxylic acids is 1. The summed E-state index contributed by atoms with van der Waals surface area (Å²) in [6.07, 6.45) is -0.875. The summed E-state index contributed by atoms with van der Waals surface area (Å²) >= 11 is 0. The fraction of sp³-hybridized carbons (Fsp3) is 0.467. The molecule has 1 aromatic rings. The second-order valence-corrected chi connectivity index (χ2v) is 5.70. The minimum Gasteiger partial charge on any atom is -0.480 e. The van der Waals surface area contributed by atoms with Crippen LogP contribution in [0, 0.1) is 0 Å². The van der Waals surface area contributed by atoms with Crippen molar-refractivity contribution in [1.82, 2.24) is 5.32 Å². The Morgan fingerprint density at radius 3 is 2.43 bits per heavy atom. The van der Waals surface area contributed by atoms with Crippen molar-refractivity contribution in [3.63, 3.8) is 0 Å². The zero-order valence-corrected chi connectivity index (χ0v) is 12.4. The topological polar surface area (TPSA) is 95.9 Å². The van der Waals surface area contributed by atoms with Crippen LogP contribution in [0.5, 0.6) is 0 Å². The number of ether oxygens (including phenoxy) is 1. The highest BCUT2D eigenvalue weighted by molar-refractivity contribution is 5.79. The molecule has 0 radical (unpaired) electrons. The number of rotatable bonds is 5. The lowest BCUT2D eigenvalue weighted by atomic mass is 9.84. The number of carbonyl (C=O) groups is 2. The first kappa shape index (κ1) is 17.0. The number of aliphatic hydroxyl groups is 1. The third-order valence-corrected chi connectivity index (χ3v) is 2.96. The smallest absolute Gasteiger partial charge is 0.408 e. The largest absolute Gasteiger partial charge is 0.480 e. The van der Waals surface area contributed by atoms with E-state index < -0.39 is 24.7 Å². The van der Waals surface area contributed by atoms with Crippen LogP contribution in [0.4, 0.5) is 4.79 Å². The van der Waals surface area contributed by atoms with Gasteiger partial charge in [0.1, 0.15) is 6.61 Å². The number of carboxylic acids is 1. The predicted molar refractivity (Wildman–Crippen MR) is 77.0 cm³/mol. The van der Waals surface area contributed by atoms with E-state index in [0.29, 0.717) is 0 Å². The van der Waals surface area contributed by atoms with Gasteiger partial charge in [0.25, 0.3) is 0 Å². The summed E-state index contributed by atoms with van der Waals surface area (Å²) in [5.74, 6) is -1.32. The molecule has 1 aromatic carbocycles. The number of amides is 1. The minimum absolute atomic E-state index is 0.0387. The van der Waals surface area contributed by atoms with Crippen LogP contribution in [0.25, 0.3) is 0 Å². The van der Waals surface area contributed by atoms with Gasteiger partial charge in [0.05, 0.1) is 6.61 Å². The third-order valence-electron chi connectivity index (χ3n) is 2.96. The molecule has 0 aromatic heterocycles. The zero-order chi connectivity index (χ0) is 16.0. The molecule has 0 aliphatic carbocycles. The molecule has 0 aliphatic heterocycles. The van der Waals surface area contributed by atoms with Crippen molar-refractivity contribution < 1.29 is 24.5 Å². The van der Waals surface area contributed by atoms with Crippen molar-refractivity contribution in [3.8, 4) is 0 Å². The molecule has 0 saturated heterocycles. The van der Waals surface area contributed by atoms with E-state index in [1.54, 1.807) is 0 Å². The molecular formula is C15H21NO5. The van der Waals surface area contributed by atoms with Crippen LogP contribution < -0.4 is 5.32 Å². The van der Waals surface area contributed by atoms with E-state index in [4.69, 9.17) is 14.9 Å². The number of alkyl carbamates (subject to hydrolysis) is 1. The molecule has 116 valence electrons. The van der Waals surface area contributed by atoms with Gasteiger partial charge in [-0.3, -0.25) is 0 Å². The maximum absolute atomic E-state index is 11.5. The number of hydrogen-bond acceptors (Lipinski definition) is 4. The molecule has 6 nitrogen and oxygen atoms in total. The summed E-state index contributed by atoms with van der Waals surface area (Å²) in [7, 11) is 0. The Balaban J connectivity index is 2.68. The molecule has 1 atom stereocenters. The molecule has 6 heteroatoms. The second kappa shape index (κ2) is 7.08. The Bertz CT molecular complexity index is 507. The number of benzene rings is 1. The van der Waals surface area contributed by atoms with Gasteiger partial charge in [-0.1, -0.05) is 45.0 Å². The average molecular weight is 295 g/mol. The molecule has 3 N–H and O–H groups in total. The summed E-state index contributed by atoms with van der Waals surface area (Å²) in [6, 6.07) is 6.21. The summed E-state index contributed by atoms with van der Waals surface area (Å²) < 4.78 is 5.02. The van der Waals surface area contributed by atoms with E-state index in [1.807, 2.05) is 24.3 Å². The minimum atomic E-state index is -1.37. The van der Waals surface area contributed by atoms with E-state index in [2.05, 4.69) is 26.1 Å². The predicted octanol–water partition coefficient (Wildman–Crippen LogP) is 1.66. The first-order valence-electron chi connectivity index (χ1n) is 6.61. The van der Waals surface area contributed by atoms with E-state index in [9.17, 15) is 9.59 Å². The lowest BCUT2D eigenvalue weighted by molar-refractivity contribution is -0.140. The third kappa shape index (κ3) is 5.07. The van der Waals surface area contributed by atoms with Crippen LogP contribution in [0.1, 0.15) is 31.9 Å². The zero-order valence-electron chi connectivity index (χ0n) is 12.4. The van der Waals surface area contributed by atoms with Gasteiger partial charge in [-0.15, -0.1) is 0 Å².